The maximum Gasteiger partial charge on any atom is 0.137 e. The third-order valence-corrected chi connectivity index (χ3v) is 3.33. The van der Waals surface area contributed by atoms with Crippen molar-refractivity contribution in [2.24, 2.45) is 5.84 Å². The highest BCUT2D eigenvalue weighted by Gasteiger charge is 2.13. The lowest BCUT2D eigenvalue weighted by Gasteiger charge is -2.16. The minimum Gasteiger partial charge on any atom is -0.271 e. The van der Waals surface area contributed by atoms with Gasteiger partial charge in [-0.25, -0.2) is 4.39 Å². The summed E-state index contributed by atoms with van der Waals surface area (Å²) in [7, 11) is 0. The van der Waals surface area contributed by atoms with Crippen LogP contribution in [0.5, 0.6) is 0 Å². The molecule has 2 aromatic rings. The molecule has 0 bridgehead atoms. The van der Waals surface area contributed by atoms with Crippen LogP contribution in [0.4, 0.5) is 4.39 Å². The van der Waals surface area contributed by atoms with Crippen molar-refractivity contribution in [1.29, 1.82) is 0 Å². The maximum absolute atomic E-state index is 13.5. The summed E-state index contributed by atoms with van der Waals surface area (Å²) in [6.07, 6.45) is 2.34. The average molecular weight is 310 g/mol. The second kappa shape index (κ2) is 6.04. The Morgan fingerprint density at radius 3 is 2.78 bits per heavy atom. The van der Waals surface area contributed by atoms with Crippen LogP contribution in [0, 0.1) is 5.82 Å². The fourth-order valence-corrected chi connectivity index (χ4v) is 1.98. The molecule has 1 atom stereocenters. The van der Waals surface area contributed by atoms with Crippen molar-refractivity contribution in [2.45, 2.75) is 12.5 Å². The van der Waals surface area contributed by atoms with Gasteiger partial charge in [-0.3, -0.25) is 16.3 Å². The molecule has 0 aliphatic carbocycles. The van der Waals surface area contributed by atoms with Gasteiger partial charge in [-0.1, -0.05) is 12.1 Å². The zero-order valence-electron chi connectivity index (χ0n) is 9.61. The highest BCUT2D eigenvalue weighted by molar-refractivity contribution is 9.10. The van der Waals surface area contributed by atoms with Crippen molar-refractivity contribution in [3.8, 4) is 0 Å². The van der Waals surface area contributed by atoms with Crippen molar-refractivity contribution in [3.05, 3.63) is 64.1 Å². The minimum absolute atomic E-state index is 0.164. The van der Waals surface area contributed by atoms with E-state index in [-0.39, 0.29) is 11.9 Å². The number of benzene rings is 1. The SMILES string of the molecule is NNC(Cc1ccccn1)c1ccc(Br)c(F)c1. The van der Waals surface area contributed by atoms with Crippen molar-refractivity contribution in [3.63, 3.8) is 0 Å². The Morgan fingerprint density at radius 2 is 2.17 bits per heavy atom. The van der Waals surface area contributed by atoms with Gasteiger partial charge in [0.05, 0.1) is 10.5 Å². The second-order valence-corrected chi connectivity index (χ2v) is 4.77. The zero-order chi connectivity index (χ0) is 13.0. The van der Waals surface area contributed by atoms with Crippen LogP contribution in [0.1, 0.15) is 17.3 Å². The molecule has 0 amide bonds. The molecule has 3 N–H and O–H groups in total. The number of nitrogens with two attached hydrogens (primary N) is 1. The van der Waals surface area contributed by atoms with Crippen molar-refractivity contribution in [2.75, 3.05) is 0 Å². The lowest BCUT2D eigenvalue weighted by atomic mass is 10.0. The van der Waals surface area contributed by atoms with E-state index >= 15 is 0 Å². The fourth-order valence-electron chi connectivity index (χ4n) is 1.73. The summed E-state index contributed by atoms with van der Waals surface area (Å²) in [5.74, 6) is 5.23. The molecule has 1 aromatic heterocycles. The van der Waals surface area contributed by atoms with Crippen LogP contribution in [-0.4, -0.2) is 4.98 Å². The minimum atomic E-state index is -0.297. The van der Waals surface area contributed by atoms with E-state index in [1.807, 2.05) is 24.3 Å². The van der Waals surface area contributed by atoms with E-state index in [0.717, 1.165) is 11.3 Å². The number of hydrogen-bond acceptors (Lipinski definition) is 3. The summed E-state index contributed by atoms with van der Waals surface area (Å²) in [5.41, 5.74) is 4.39. The predicted octanol–water partition coefficient (Wildman–Crippen LogP) is 2.73. The first-order valence-corrected chi connectivity index (χ1v) is 6.31. The second-order valence-electron chi connectivity index (χ2n) is 3.92. The molecular weight excluding hydrogens is 297 g/mol. The van der Waals surface area contributed by atoms with Gasteiger partial charge in [0.25, 0.3) is 0 Å². The van der Waals surface area contributed by atoms with Crippen LogP contribution in [0.2, 0.25) is 0 Å². The van der Waals surface area contributed by atoms with Gasteiger partial charge in [0.2, 0.25) is 0 Å². The van der Waals surface area contributed by atoms with E-state index in [1.165, 1.54) is 6.07 Å². The monoisotopic (exact) mass is 309 g/mol. The van der Waals surface area contributed by atoms with Gasteiger partial charge in [0, 0.05) is 18.3 Å². The Bertz CT molecular complexity index is 519. The van der Waals surface area contributed by atoms with Gasteiger partial charge < -0.3 is 0 Å². The summed E-state index contributed by atoms with van der Waals surface area (Å²) in [6, 6.07) is 10.5. The molecule has 0 spiro atoms. The molecule has 18 heavy (non-hydrogen) atoms. The molecule has 0 radical (unpaired) electrons. The molecule has 0 saturated carbocycles. The Labute approximate surface area is 113 Å². The van der Waals surface area contributed by atoms with Crippen LogP contribution in [-0.2, 0) is 6.42 Å². The van der Waals surface area contributed by atoms with Crippen molar-refractivity contribution >= 4 is 15.9 Å². The Kier molecular flexibility index (Phi) is 4.41. The predicted molar refractivity (Wildman–Crippen MR) is 72.1 cm³/mol. The van der Waals surface area contributed by atoms with Crippen molar-refractivity contribution < 1.29 is 4.39 Å². The first-order chi connectivity index (χ1) is 8.70. The number of hydrazine groups is 1. The normalized spacial score (nSPS) is 12.4. The van der Waals surface area contributed by atoms with E-state index in [0.29, 0.717) is 10.9 Å². The largest absolute Gasteiger partial charge is 0.271 e. The molecule has 1 unspecified atom stereocenters. The quantitative estimate of drug-likeness (QED) is 0.674. The van der Waals surface area contributed by atoms with Crippen molar-refractivity contribution in [1.82, 2.24) is 10.4 Å². The highest BCUT2D eigenvalue weighted by Crippen LogP contribution is 2.22. The smallest absolute Gasteiger partial charge is 0.137 e. The fraction of sp³-hybridized carbons (Fsp3) is 0.154. The maximum atomic E-state index is 13.5. The van der Waals surface area contributed by atoms with Crippen LogP contribution in [0.3, 0.4) is 0 Å². The summed E-state index contributed by atoms with van der Waals surface area (Å²) in [5, 5.41) is 0. The standard InChI is InChI=1S/C13H13BrFN3/c14-11-5-4-9(7-12(11)15)13(18-16)8-10-3-1-2-6-17-10/h1-7,13,18H,8,16H2. The number of hydrogen-bond donors (Lipinski definition) is 2. The highest BCUT2D eigenvalue weighted by atomic mass is 79.9. The number of halogens is 2. The molecule has 1 aromatic carbocycles. The third-order valence-electron chi connectivity index (χ3n) is 2.69. The molecule has 0 saturated heterocycles. The van der Waals surface area contributed by atoms with Gasteiger partial charge in [-0.15, -0.1) is 0 Å². The van der Waals surface area contributed by atoms with Crippen LogP contribution >= 0.6 is 15.9 Å². The molecule has 3 nitrogen and oxygen atoms in total. The molecule has 0 fully saturated rings. The third kappa shape index (κ3) is 3.13. The first kappa shape index (κ1) is 13.1. The Morgan fingerprint density at radius 1 is 1.33 bits per heavy atom. The molecule has 2 rings (SSSR count). The average Bonchev–Trinajstić information content (AvgIpc) is 2.40. The summed E-state index contributed by atoms with van der Waals surface area (Å²) in [6.45, 7) is 0. The molecule has 0 aliphatic heterocycles. The van der Waals surface area contributed by atoms with Gasteiger partial charge in [0.15, 0.2) is 0 Å². The van der Waals surface area contributed by atoms with E-state index in [4.69, 9.17) is 5.84 Å². The van der Waals surface area contributed by atoms with Gasteiger partial charge in [-0.2, -0.15) is 0 Å². The summed E-state index contributed by atoms with van der Waals surface area (Å²) >= 11 is 3.13. The molecule has 0 aliphatic rings. The lowest BCUT2D eigenvalue weighted by molar-refractivity contribution is 0.538. The van der Waals surface area contributed by atoms with Crippen LogP contribution < -0.4 is 11.3 Å². The lowest BCUT2D eigenvalue weighted by Crippen LogP contribution is -2.29. The van der Waals surface area contributed by atoms with E-state index in [1.54, 1.807) is 12.3 Å². The van der Waals surface area contributed by atoms with Crippen LogP contribution in [0.25, 0.3) is 0 Å². The first-order valence-electron chi connectivity index (χ1n) is 5.51. The van der Waals surface area contributed by atoms with E-state index in [2.05, 4.69) is 26.3 Å². The number of pyridine rings is 1. The number of aromatic nitrogens is 1. The topological polar surface area (TPSA) is 50.9 Å². The Hall–Kier alpha value is -1.30. The summed E-state index contributed by atoms with van der Waals surface area (Å²) in [4.78, 5) is 4.23. The Balaban J connectivity index is 2.20. The molecule has 5 heteroatoms. The van der Waals surface area contributed by atoms with Gasteiger partial charge in [-0.05, 0) is 45.8 Å². The van der Waals surface area contributed by atoms with E-state index < -0.39 is 0 Å². The van der Waals surface area contributed by atoms with Gasteiger partial charge >= 0.3 is 0 Å². The summed E-state index contributed by atoms with van der Waals surface area (Å²) < 4.78 is 13.9. The number of nitrogens with zero attached hydrogens (tertiary/aromatic N) is 1. The van der Waals surface area contributed by atoms with Gasteiger partial charge in [0.1, 0.15) is 5.82 Å². The number of nitrogens with one attached hydrogen (secondary N) is 1. The zero-order valence-corrected chi connectivity index (χ0v) is 11.2. The van der Waals surface area contributed by atoms with E-state index in [9.17, 15) is 4.39 Å². The molecule has 94 valence electrons. The number of rotatable bonds is 4. The molecule has 1 heterocycles. The van der Waals surface area contributed by atoms with Crippen LogP contribution in [0.15, 0.2) is 47.1 Å². The molecular formula is C13H13BrFN3.